The number of aryl methyl sites for hydroxylation is 1. The van der Waals surface area contributed by atoms with Crippen molar-refractivity contribution in [3.05, 3.63) is 107 Å². The van der Waals surface area contributed by atoms with E-state index >= 15 is 0 Å². The Bertz CT molecular complexity index is 1130. The molecule has 0 radical (unpaired) electrons. The number of anilines is 1. The first-order valence-electron chi connectivity index (χ1n) is 12.5. The van der Waals surface area contributed by atoms with Gasteiger partial charge in [-0.2, -0.15) is 0 Å². The van der Waals surface area contributed by atoms with Crippen molar-refractivity contribution in [3.63, 3.8) is 0 Å². The Morgan fingerprint density at radius 2 is 1.54 bits per heavy atom. The monoisotopic (exact) mass is 552 g/mol. The molecule has 0 saturated heterocycles. The summed E-state index contributed by atoms with van der Waals surface area (Å²) >= 11 is 4.13. The Hall–Kier alpha value is -3.83. The molecule has 0 aromatic heterocycles. The number of hydroxylamine groups is 1. The molecule has 39 heavy (non-hydrogen) atoms. The number of carbonyl (C=O) groups is 2. The summed E-state index contributed by atoms with van der Waals surface area (Å²) in [5.41, 5.74) is 16.6. The number of benzene rings is 3. The quantitative estimate of drug-likeness (QED) is 0.0700. The number of hydrazine groups is 1. The van der Waals surface area contributed by atoms with Crippen LogP contribution in [0.5, 0.6) is 0 Å². The Balaban J connectivity index is 0.000000641. The summed E-state index contributed by atoms with van der Waals surface area (Å²) in [7, 11) is 0. The molecule has 0 bridgehead atoms. The van der Waals surface area contributed by atoms with Crippen molar-refractivity contribution in [2.75, 3.05) is 11.9 Å². The molecule has 0 aliphatic carbocycles. The minimum Gasteiger partial charge on any atom is -0.400 e. The van der Waals surface area contributed by atoms with Crippen LogP contribution in [0, 0.1) is 12.8 Å². The average molecular weight is 553 g/mol. The zero-order valence-electron chi connectivity index (χ0n) is 22.7. The second-order valence-electron chi connectivity index (χ2n) is 8.32. The second kappa shape index (κ2) is 18.4. The highest BCUT2D eigenvalue weighted by molar-refractivity contribution is 7.80. The van der Waals surface area contributed by atoms with Gasteiger partial charge in [-0.3, -0.25) is 14.8 Å². The van der Waals surface area contributed by atoms with E-state index in [0.717, 1.165) is 16.0 Å². The SMILES string of the molecule is CC.Cc1ccc(S)cc1.NC/C(N)=C/N(N)Cc1ccc(NC(=O)C(Cc2ccccc2)C(=O)NO)cc1. The Morgan fingerprint density at radius 1 is 0.949 bits per heavy atom. The molecule has 9 nitrogen and oxygen atoms in total. The zero-order valence-corrected chi connectivity index (χ0v) is 23.6. The Morgan fingerprint density at radius 3 is 2.05 bits per heavy atom. The maximum absolute atomic E-state index is 12.6. The van der Waals surface area contributed by atoms with Crippen molar-refractivity contribution in [1.29, 1.82) is 0 Å². The van der Waals surface area contributed by atoms with Crippen molar-refractivity contribution in [2.45, 2.75) is 38.6 Å². The molecule has 1 unspecified atom stereocenters. The average Bonchev–Trinajstić information content (AvgIpc) is 2.95. The number of nitrogens with one attached hydrogen (secondary N) is 2. The van der Waals surface area contributed by atoms with Gasteiger partial charge in [-0.15, -0.1) is 12.6 Å². The number of thiol groups is 1. The van der Waals surface area contributed by atoms with Gasteiger partial charge in [0.1, 0.15) is 5.92 Å². The third-order valence-electron chi connectivity index (χ3n) is 5.21. The number of amides is 2. The number of nitrogens with two attached hydrogens (primary N) is 3. The fourth-order valence-corrected chi connectivity index (χ4v) is 3.37. The van der Waals surface area contributed by atoms with Gasteiger partial charge in [0, 0.05) is 29.0 Å². The largest absolute Gasteiger partial charge is 0.400 e. The molecule has 10 heteroatoms. The first-order chi connectivity index (χ1) is 18.7. The van der Waals surface area contributed by atoms with E-state index in [1.165, 1.54) is 10.6 Å². The van der Waals surface area contributed by atoms with E-state index in [1.807, 2.05) is 68.4 Å². The molecular weight excluding hydrogens is 512 g/mol. The fraction of sp³-hybridized carbons (Fsp3) is 0.241. The van der Waals surface area contributed by atoms with E-state index in [4.69, 9.17) is 22.5 Å². The maximum Gasteiger partial charge on any atom is 0.256 e. The number of hydrogen-bond donors (Lipinski definition) is 7. The van der Waals surface area contributed by atoms with Gasteiger partial charge in [-0.05, 0) is 48.7 Å². The van der Waals surface area contributed by atoms with Crippen LogP contribution in [0.15, 0.2) is 95.7 Å². The number of rotatable bonds is 9. The lowest BCUT2D eigenvalue weighted by Gasteiger charge is -2.17. The van der Waals surface area contributed by atoms with Crippen LogP contribution in [0.4, 0.5) is 5.69 Å². The van der Waals surface area contributed by atoms with Gasteiger partial charge >= 0.3 is 0 Å². The van der Waals surface area contributed by atoms with Crippen LogP contribution in [-0.4, -0.2) is 28.6 Å². The molecule has 0 aliphatic heterocycles. The van der Waals surface area contributed by atoms with Gasteiger partial charge in [0.05, 0.1) is 6.54 Å². The van der Waals surface area contributed by atoms with Gasteiger partial charge in [-0.1, -0.05) is 74.0 Å². The van der Waals surface area contributed by atoms with E-state index in [2.05, 4.69) is 24.9 Å². The first kappa shape index (κ1) is 33.2. The topological polar surface area (TPSA) is 160 Å². The molecule has 2 amide bonds. The van der Waals surface area contributed by atoms with E-state index in [0.29, 0.717) is 17.9 Å². The highest BCUT2D eigenvalue weighted by Gasteiger charge is 2.27. The van der Waals surface area contributed by atoms with Crippen LogP contribution >= 0.6 is 12.6 Å². The van der Waals surface area contributed by atoms with Crippen molar-refractivity contribution in [3.8, 4) is 0 Å². The third kappa shape index (κ3) is 13.0. The molecule has 0 fully saturated rings. The predicted molar refractivity (Wildman–Crippen MR) is 159 cm³/mol. The lowest BCUT2D eigenvalue weighted by Crippen LogP contribution is -2.38. The second-order valence-corrected chi connectivity index (χ2v) is 8.84. The molecular formula is C29H40N6O3S. The summed E-state index contributed by atoms with van der Waals surface area (Å²) in [5.74, 6) is 3.48. The van der Waals surface area contributed by atoms with E-state index in [-0.39, 0.29) is 13.0 Å². The smallest absolute Gasteiger partial charge is 0.256 e. The molecule has 1 atom stereocenters. The number of carbonyl (C=O) groups excluding carboxylic acids is 2. The zero-order chi connectivity index (χ0) is 29.2. The van der Waals surface area contributed by atoms with E-state index in [9.17, 15) is 9.59 Å². The molecule has 0 spiro atoms. The minimum atomic E-state index is -1.08. The van der Waals surface area contributed by atoms with Crippen LogP contribution in [0.25, 0.3) is 0 Å². The van der Waals surface area contributed by atoms with Gasteiger partial charge in [0.25, 0.3) is 5.91 Å². The lowest BCUT2D eigenvalue weighted by molar-refractivity contribution is -0.138. The summed E-state index contributed by atoms with van der Waals surface area (Å²) in [6.45, 7) is 6.68. The van der Waals surface area contributed by atoms with Gasteiger partial charge in [-0.25, -0.2) is 11.3 Å². The summed E-state index contributed by atoms with van der Waals surface area (Å²) in [6.07, 6.45) is 1.71. The molecule has 3 aromatic rings. The number of hydrogen-bond acceptors (Lipinski definition) is 8. The van der Waals surface area contributed by atoms with Crippen LogP contribution in [0.3, 0.4) is 0 Å². The highest BCUT2D eigenvalue weighted by atomic mass is 32.1. The van der Waals surface area contributed by atoms with Crippen LogP contribution in [-0.2, 0) is 22.6 Å². The van der Waals surface area contributed by atoms with Crippen LogP contribution in [0.2, 0.25) is 0 Å². The van der Waals surface area contributed by atoms with Gasteiger partial charge in [0.2, 0.25) is 5.91 Å². The highest BCUT2D eigenvalue weighted by Crippen LogP contribution is 2.15. The van der Waals surface area contributed by atoms with Crippen molar-refractivity contribution < 1.29 is 14.8 Å². The Kier molecular flexibility index (Phi) is 15.7. The van der Waals surface area contributed by atoms with Crippen molar-refractivity contribution >= 4 is 30.1 Å². The minimum absolute atomic E-state index is 0.161. The molecule has 210 valence electrons. The summed E-state index contributed by atoms with van der Waals surface area (Å²) < 4.78 is 0. The third-order valence-corrected chi connectivity index (χ3v) is 5.51. The van der Waals surface area contributed by atoms with Crippen LogP contribution < -0.4 is 28.1 Å². The number of nitrogens with zero attached hydrogens (tertiary/aromatic N) is 1. The van der Waals surface area contributed by atoms with Crippen molar-refractivity contribution in [1.82, 2.24) is 10.5 Å². The lowest BCUT2D eigenvalue weighted by atomic mass is 9.97. The molecule has 3 aromatic carbocycles. The molecule has 3 rings (SSSR count). The Labute approximate surface area is 236 Å². The van der Waals surface area contributed by atoms with Crippen molar-refractivity contribution in [2.24, 2.45) is 23.2 Å². The summed E-state index contributed by atoms with van der Waals surface area (Å²) in [5, 5.41) is 13.1. The maximum atomic E-state index is 12.6. The van der Waals surface area contributed by atoms with Gasteiger partial charge in [0.15, 0.2) is 0 Å². The predicted octanol–water partition coefficient (Wildman–Crippen LogP) is 3.73. The molecule has 0 aliphatic rings. The molecule has 0 heterocycles. The summed E-state index contributed by atoms with van der Waals surface area (Å²) in [6, 6.07) is 24.1. The molecule has 0 saturated carbocycles. The van der Waals surface area contributed by atoms with Crippen LogP contribution in [0.1, 0.15) is 30.5 Å². The summed E-state index contributed by atoms with van der Waals surface area (Å²) in [4.78, 5) is 25.6. The standard InChI is InChI=1S/C20H26N6O3.C7H8S.C2H6/c21-11-16(22)13-26(23)12-15-6-8-17(9-7-15)24-19(27)18(20(28)25-29)10-14-4-2-1-3-5-14;1-6-2-4-7(8)5-3-6;1-2/h1-9,13,18,29H,10-12,21-23H2,(H,24,27)(H,25,28);2-5,8H,1H3;1-2H3/b16-13-;;. The van der Waals surface area contributed by atoms with E-state index in [1.54, 1.807) is 35.9 Å². The normalized spacial score (nSPS) is 11.1. The first-order valence-corrected chi connectivity index (χ1v) is 13.0. The van der Waals surface area contributed by atoms with E-state index < -0.39 is 17.7 Å². The fourth-order valence-electron chi connectivity index (χ4n) is 3.22. The molecule has 9 N–H and O–H groups in total. The van der Waals surface area contributed by atoms with Gasteiger partial charge < -0.3 is 21.8 Å².